The van der Waals surface area contributed by atoms with Crippen LogP contribution in [0, 0.1) is 5.82 Å². The molecule has 0 aliphatic carbocycles. The minimum atomic E-state index is -0.290. The van der Waals surface area contributed by atoms with Crippen molar-refractivity contribution in [3.05, 3.63) is 77.2 Å². The van der Waals surface area contributed by atoms with Crippen molar-refractivity contribution in [2.75, 3.05) is 5.32 Å². The van der Waals surface area contributed by atoms with Crippen molar-refractivity contribution < 1.29 is 13.9 Å². The van der Waals surface area contributed by atoms with Crippen LogP contribution in [0.3, 0.4) is 0 Å². The number of nitrogens with zero attached hydrogens (tertiary/aromatic N) is 1. The number of amides is 1. The Morgan fingerprint density at radius 1 is 1.16 bits per heavy atom. The molecule has 3 aromatic rings. The first-order valence-corrected chi connectivity index (χ1v) is 8.00. The van der Waals surface area contributed by atoms with Crippen LogP contribution in [0.25, 0.3) is 0 Å². The highest BCUT2D eigenvalue weighted by molar-refractivity contribution is 5.94. The smallest absolute Gasteiger partial charge is 0.226 e. The molecule has 1 aromatic heterocycles. The van der Waals surface area contributed by atoms with Gasteiger partial charge in [-0.3, -0.25) is 9.89 Å². The fourth-order valence-corrected chi connectivity index (χ4v) is 3.11. The molecule has 0 fully saturated rings. The van der Waals surface area contributed by atoms with Crippen LogP contribution in [0.5, 0.6) is 5.75 Å². The summed E-state index contributed by atoms with van der Waals surface area (Å²) >= 11 is 0. The molecule has 1 amide bonds. The van der Waals surface area contributed by atoms with Crippen LogP contribution in [0.15, 0.2) is 54.7 Å². The average Bonchev–Trinajstić information content (AvgIpc) is 3.08. The molecule has 6 heteroatoms. The highest BCUT2D eigenvalue weighted by Crippen LogP contribution is 2.39. The number of carbonyl (C=O) groups excluding carboxylic acids is 1. The minimum Gasteiger partial charge on any atom is -0.489 e. The van der Waals surface area contributed by atoms with E-state index in [1.165, 1.54) is 12.1 Å². The van der Waals surface area contributed by atoms with Crippen LogP contribution in [-0.2, 0) is 11.4 Å². The highest BCUT2D eigenvalue weighted by Gasteiger charge is 2.29. The summed E-state index contributed by atoms with van der Waals surface area (Å²) in [5, 5.41) is 9.62. The zero-order valence-corrected chi connectivity index (χ0v) is 13.3. The molecule has 1 aliphatic rings. The van der Waals surface area contributed by atoms with E-state index in [-0.39, 0.29) is 24.2 Å². The SMILES string of the molecule is O=C1C[C@H](c2ccccc2OCc2cccc(F)c2)c2cn[nH]c2N1. The van der Waals surface area contributed by atoms with E-state index < -0.39 is 0 Å². The molecule has 0 spiro atoms. The van der Waals surface area contributed by atoms with E-state index in [1.54, 1.807) is 12.3 Å². The molecule has 0 unspecified atom stereocenters. The van der Waals surface area contributed by atoms with E-state index in [2.05, 4.69) is 15.5 Å². The van der Waals surface area contributed by atoms with Crippen molar-refractivity contribution in [3.8, 4) is 5.75 Å². The summed E-state index contributed by atoms with van der Waals surface area (Å²) in [6.07, 6.45) is 2.05. The van der Waals surface area contributed by atoms with E-state index in [4.69, 9.17) is 4.74 Å². The third kappa shape index (κ3) is 3.10. The summed E-state index contributed by atoms with van der Waals surface area (Å²) in [5.41, 5.74) is 2.60. The number of anilines is 1. The number of rotatable bonds is 4. The number of ether oxygens (including phenoxy) is 1. The highest BCUT2D eigenvalue weighted by atomic mass is 19.1. The van der Waals surface area contributed by atoms with Crippen LogP contribution in [0.4, 0.5) is 10.2 Å². The summed E-state index contributed by atoms with van der Waals surface area (Å²) in [4.78, 5) is 12.0. The molecule has 1 aliphatic heterocycles. The maximum atomic E-state index is 13.3. The largest absolute Gasteiger partial charge is 0.489 e. The first-order chi connectivity index (χ1) is 12.2. The number of hydrogen-bond acceptors (Lipinski definition) is 3. The normalized spacial score (nSPS) is 16.2. The van der Waals surface area contributed by atoms with Crippen molar-refractivity contribution in [3.63, 3.8) is 0 Å². The van der Waals surface area contributed by atoms with Crippen LogP contribution >= 0.6 is 0 Å². The van der Waals surface area contributed by atoms with Crippen LogP contribution in [0.2, 0.25) is 0 Å². The fraction of sp³-hybridized carbons (Fsp3) is 0.158. The molecule has 126 valence electrons. The minimum absolute atomic E-state index is 0.0679. The molecule has 1 atom stereocenters. The number of halogens is 1. The molecule has 5 nitrogen and oxygen atoms in total. The fourth-order valence-electron chi connectivity index (χ4n) is 3.11. The van der Waals surface area contributed by atoms with E-state index in [0.717, 1.165) is 16.7 Å². The predicted octanol–water partition coefficient (Wildman–Crippen LogP) is 3.60. The van der Waals surface area contributed by atoms with Crippen LogP contribution in [-0.4, -0.2) is 16.1 Å². The van der Waals surface area contributed by atoms with Gasteiger partial charge in [0.05, 0.1) is 6.20 Å². The van der Waals surface area contributed by atoms with Gasteiger partial charge in [-0.15, -0.1) is 0 Å². The number of H-pyrrole nitrogens is 1. The van der Waals surface area contributed by atoms with E-state index in [9.17, 15) is 9.18 Å². The number of aromatic amines is 1. The van der Waals surface area contributed by atoms with Gasteiger partial charge >= 0.3 is 0 Å². The second kappa shape index (κ2) is 6.39. The number of fused-ring (bicyclic) bond motifs is 1. The first kappa shape index (κ1) is 15.4. The predicted molar refractivity (Wildman–Crippen MR) is 90.9 cm³/mol. The number of nitrogens with one attached hydrogen (secondary N) is 2. The van der Waals surface area contributed by atoms with Crippen molar-refractivity contribution >= 4 is 11.7 Å². The zero-order chi connectivity index (χ0) is 17.2. The Morgan fingerprint density at radius 3 is 2.92 bits per heavy atom. The van der Waals surface area contributed by atoms with Crippen LogP contribution < -0.4 is 10.1 Å². The van der Waals surface area contributed by atoms with Gasteiger partial charge in [0.2, 0.25) is 5.91 Å². The third-order valence-electron chi connectivity index (χ3n) is 4.28. The Morgan fingerprint density at radius 2 is 2.04 bits per heavy atom. The van der Waals surface area contributed by atoms with Gasteiger partial charge in [-0.25, -0.2) is 4.39 Å². The van der Waals surface area contributed by atoms with Gasteiger partial charge in [0.25, 0.3) is 0 Å². The van der Waals surface area contributed by atoms with E-state index in [1.807, 2.05) is 30.3 Å². The van der Waals surface area contributed by atoms with Gasteiger partial charge in [0.1, 0.15) is 24.0 Å². The van der Waals surface area contributed by atoms with E-state index >= 15 is 0 Å². The van der Waals surface area contributed by atoms with Gasteiger partial charge in [-0.05, 0) is 23.8 Å². The van der Waals surface area contributed by atoms with Gasteiger partial charge in [0, 0.05) is 23.5 Å². The molecule has 2 N–H and O–H groups in total. The van der Waals surface area contributed by atoms with Crippen molar-refractivity contribution in [2.24, 2.45) is 0 Å². The molecular weight excluding hydrogens is 321 g/mol. The second-order valence-corrected chi connectivity index (χ2v) is 5.96. The molecule has 2 aromatic carbocycles. The molecule has 0 bridgehead atoms. The molecule has 25 heavy (non-hydrogen) atoms. The van der Waals surface area contributed by atoms with Crippen molar-refractivity contribution in [1.82, 2.24) is 10.2 Å². The number of carbonyl (C=O) groups is 1. The first-order valence-electron chi connectivity index (χ1n) is 8.00. The van der Waals surface area contributed by atoms with Gasteiger partial charge in [-0.2, -0.15) is 5.10 Å². The maximum absolute atomic E-state index is 13.3. The Balaban J connectivity index is 1.63. The van der Waals surface area contributed by atoms with Crippen LogP contribution in [0.1, 0.15) is 29.0 Å². The Kier molecular flexibility index (Phi) is 3.93. The third-order valence-corrected chi connectivity index (χ3v) is 4.28. The summed E-state index contributed by atoms with van der Waals surface area (Å²) < 4.78 is 19.3. The number of para-hydroxylation sites is 1. The lowest BCUT2D eigenvalue weighted by Crippen LogP contribution is -2.23. The standard InChI is InChI=1S/C19H16FN3O2/c20-13-5-3-4-12(8-13)11-25-17-7-2-1-6-14(17)15-9-18(24)22-19-16(15)10-21-23-19/h1-8,10,15H,9,11H2,(H2,21,22,23,24)/t15-/m1/s1. The lowest BCUT2D eigenvalue weighted by atomic mass is 9.87. The molecule has 0 radical (unpaired) electrons. The summed E-state index contributed by atoms with van der Waals surface area (Å²) in [5.74, 6) is 0.814. The lowest BCUT2D eigenvalue weighted by molar-refractivity contribution is -0.116. The number of hydrogen-bond donors (Lipinski definition) is 2. The van der Waals surface area contributed by atoms with Crippen molar-refractivity contribution in [2.45, 2.75) is 18.9 Å². The summed E-state index contributed by atoms with van der Waals surface area (Å²) in [6, 6.07) is 13.9. The Labute approximate surface area is 143 Å². The molecule has 0 saturated carbocycles. The monoisotopic (exact) mass is 337 g/mol. The van der Waals surface area contributed by atoms with Gasteiger partial charge < -0.3 is 10.1 Å². The van der Waals surface area contributed by atoms with Gasteiger partial charge in [-0.1, -0.05) is 30.3 Å². The second-order valence-electron chi connectivity index (χ2n) is 5.96. The Hall–Kier alpha value is -3.15. The molecular formula is C19H16FN3O2. The van der Waals surface area contributed by atoms with E-state index in [0.29, 0.717) is 18.0 Å². The molecule has 4 rings (SSSR count). The average molecular weight is 337 g/mol. The lowest BCUT2D eigenvalue weighted by Gasteiger charge is -2.24. The zero-order valence-electron chi connectivity index (χ0n) is 13.3. The van der Waals surface area contributed by atoms with Crippen molar-refractivity contribution in [1.29, 1.82) is 0 Å². The topological polar surface area (TPSA) is 67.0 Å². The maximum Gasteiger partial charge on any atom is 0.226 e. The Bertz CT molecular complexity index is 922. The number of benzene rings is 2. The molecule has 2 heterocycles. The quantitative estimate of drug-likeness (QED) is 0.764. The summed E-state index contributed by atoms with van der Waals surface area (Å²) in [7, 11) is 0. The van der Waals surface area contributed by atoms with Gasteiger partial charge in [0.15, 0.2) is 0 Å². The number of aromatic nitrogens is 2. The summed E-state index contributed by atoms with van der Waals surface area (Å²) in [6.45, 7) is 0.256. The molecule has 0 saturated heterocycles.